The van der Waals surface area contributed by atoms with Crippen molar-refractivity contribution in [3.05, 3.63) is 34.1 Å². The van der Waals surface area contributed by atoms with Gasteiger partial charge in [-0.05, 0) is 74.5 Å². The third-order valence-corrected chi connectivity index (χ3v) is 8.00. The lowest BCUT2D eigenvalue weighted by Crippen LogP contribution is -2.58. The van der Waals surface area contributed by atoms with Crippen LogP contribution in [0.3, 0.4) is 0 Å². The van der Waals surface area contributed by atoms with E-state index < -0.39 is 5.82 Å². The molecular formula is C22H26BrFN2O2. The van der Waals surface area contributed by atoms with E-state index in [1.807, 2.05) is 4.90 Å². The summed E-state index contributed by atoms with van der Waals surface area (Å²) in [5, 5.41) is 0. The summed E-state index contributed by atoms with van der Waals surface area (Å²) in [7, 11) is 0. The Morgan fingerprint density at radius 1 is 0.929 bits per heavy atom. The molecule has 5 aliphatic rings. The van der Waals surface area contributed by atoms with Gasteiger partial charge in [0, 0.05) is 30.7 Å². The third-order valence-electron chi connectivity index (χ3n) is 7.50. The summed E-state index contributed by atoms with van der Waals surface area (Å²) in [5.41, 5.74) is -0.0348. The van der Waals surface area contributed by atoms with E-state index in [4.69, 9.17) is 0 Å². The van der Waals surface area contributed by atoms with Gasteiger partial charge in [0.05, 0.1) is 11.0 Å². The Morgan fingerprint density at radius 3 is 2.04 bits per heavy atom. The van der Waals surface area contributed by atoms with E-state index in [2.05, 4.69) is 15.9 Å². The van der Waals surface area contributed by atoms with Crippen molar-refractivity contribution in [2.24, 2.45) is 23.2 Å². The lowest BCUT2D eigenvalue weighted by molar-refractivity contribution is -0.159. The van der Waals surface area contributed by atoms with Crippen molar-refractivity contribution < 1.29 is 14.0 Å². The molecule has 2 amide bonds. The Balaban J connectivity index is 1.25. The molecular weight excluding hydrogens is 423 g/mol. The molecule has 1 aromatic rings. The Bertz CT molecular complexity index is 783. The van der Waals surface area contributed by atoms with Crippen LogP contribution >= 0.6 is 15.9 Å². The maximum absolute atomic E-state index is 14.1. The minimum absolute atomic E-state index is 0.0928. The first-order valence-electron chi connectivity index (χ1n) is 10.5. The topological polar surface area (TPSA) is 40.6 Å². The van der Waals surface area contributed by atoms with Gasteiger partial charge in [0.1, 0.15) is 5.82 Å². The zero-order chi connectivity index (χ0) is 19.5. The summed E-state index contributed by atoms with van der Waals surface area (Å²) in [6, 6.07) is 4.43. The lowest BCUT2D eigenvalue weighted by Gasteiger charge is -2.57. The summed E-state index contributed by atoms with van der Waals surface area (Å²) in [6.07, 6.45) is 7.19. The number of carbonyl (C=O) groups excluding carboxylic acids is 2. The van der Waals surface area contributed by atoms with Gasteiger partial charge in [0.15, 0.2) is 0 Å². The predicted molar refractivity (Wildman–Crippen MR) is 107 cm³/mol. The first-order chi connectivity index (χ1) is 13.4. The normalized spacial score (nSPS) is 34.0. The average molecular weight is 449 g/mol. The number of halogens is 2. The highest BCUT2D eigenvalue weighted by atomic mass is 79.9. The average Bonchev–Trinajstić information content (AvgIpc) is 2.68. The van der Waals surface area contributed by atoms with E-state index in [0.29, 0.717) is 36.6 Å². The van der Waals surface area contributed by atoms with Crippen molar-refractivity contribution in [1.29, 1.82) is 0 Å². The largest absolute Gasteiger partial charge is 0.339 e. The molecule has 4 nitrogen and oxygen atoms in total. The smallest absolute Gasteiger partial charge is 0.256 e. The Kier molecular flexibility index (Phi) is 4.53. The van der Waals surface area contributed by atoms with Crippen molar-refractivity contribution >= 4 is 27.7 Å². The molecule has 6 heteroatoms. The molecule has 0 atom stereocenters. The van der Waals surface area contributed by atoms with Crippen LogP contribution in [0, 0.1) is 29.0 Å². The van der Waals surface area contributed by atoms with E-state index in [9.17, 15) is 14.0 Å². The number of rotatable bonds is 2. The van der Waals surface area contributed by atoms with E-state index >= 15 is 0 Å². The fourth-order valence-electron chi connectivity index (χ4n) is 6.65. The molecule has 0 aromatic heterocycles. The van der Waals surface area contributed by atoms with Crippen LogP contribution in [0.15, 0.2) is 22.7 Å². The van der Waals surface area contributed by atoms with Crippen molar-refractivity contribution in [3.8, 4) is 0 Å². The minimum Gasteiger partial charge on any atom is -0.339 e. The fourth-order valence-corrected chi connectivity index (χ4v) is 7.01. The summed E-state index contributed by atoms with van der Waals surface area (Å²) in [4.78, 5) is 29.8. The van der Waals surface area contributed by atoms with Crippen LogP contribution in [0.2, 0.25) is 0 Å². The number of hydrogen-bond donors (Lipinski definition) is 0. The zero-order valence-corrected chi connectivity index (χ0v) is 17.6. The highest BCUT2D eigenvalue weighted by Gasteiger charge is 2.55. The van der Waals surface area contributed by atoms with E-state index in [1.54, 1.807) is 11.0 Å². The van der Waals surface area contributed by atoms with Gasteiger partial charge in [0.25, 0.3) is 5.91 Å². The van der Waals surface area contributed by atoms with Gasteiger partial charge in [0.2, 0.25) is 5.91 Å². The summed E-state index contributed by atoms with van der Waals surface area (Å²) in [6.45, 7) is 2.07. The number of piperazine rings is 1. The molecule has 0 spiro atoms. The minimum atomic E-state index is -0.500. The molecule has 4 saturated carbocycles. The maximum Gasteiger partial charge on any atom is 0.256 e. The zero-order valence-electron chi connectivity index (χ0n) is 16.0. The summed E-state index contributed by atoms with van der Waals surface area (Å²) < 4.78 is 14.8. The predicted octanol–water partition coefficient (Wildman–Crippen LogP) is 4.09. The number of amides is 2. The maximum atomic E-state index is 14.1. The van der Waals surface area contributed by atoms with Gasteiger partial charge in [-0.15, -0.1) is 0 Å². The van der Waals surface area contributed by atoms with Crippen LogP contribution < -0.4 is 0 Å². The molecule has 1 heterocycles. The molecule has 28 heavy (non-hydrogen) atoms. The van der Waals surface area contributed by atoms with E-state index in [0.717, 1.165) is 37.0 Å². The molecule has 1 saturated heterocycles. The summed E-state index contributed by atoms with van der Waals surface area (Å²) in [5.74, 6) is 1.78. The quantitative estimate of drug-likeness (QED) is 0.683. The lowest BCUT2D eigenvalue weighted by atomic mass is 9.49. The van der Waals surface area contributed by atoms with Crippen LogP contribution in [0.5, 0.6) is 0 Å². The number of hydrogen-bond acceptors (Lipinski definition) is 2. The number of benzene rings is 1. The molecule has 0 N–H and O–H groups in total. The summed E-state index contributed by atoms with van der Waals surface area (Å²) >= 11 is 3.30. The van der Waals surface area contributed by atoms with Gasteiger partial charge in [-0.3, -0.25) is 9.59 Å². The highest BCUT2D eigenvalue weighted by molar-refractivity contribution is 9.10. The van der Waals surface area contributed by atoms with E-state index in [-0.39, 0.29) is 16.9 Å². The SMILES string of the molecule is O=C(c1cc(Br)ccc1F)N1CCN(C(=O)C23CC4CC(CC(C4)C2)C3)CC1. The van der Waals surface area contributed by atoms with Gasteiger partial charge < -0.3 is 9.80 Å². The van der Waals surface area contributed by atoms with Gasteiger partial charge >= 0.3 is 0 Å². The molecule has 6 rings (SSSR count). The number of nitrogens with zero attached hydrogens (tertiary/aromatic N) is 2. The second kappa shape index (κ2) is 6.82. The van der Waals surface area contributed by atoms with E-state index in [1.165, 1.54) is 31.4 Å². The fraction of sp³-hybridized carbons (Fsp3) is 0.636. The Hall–Kier alpha value is -1.43. The van der Waals surface area contributed by atoms with Crippen LogP contribution in [0.1, 0.15) is 48.9 Å². The van der Waals surface area contributed by atoms with Crippen LogP contribution in [0.25, 0.3) is 0 Å². The first-order valence-corrected chi connectivity index (χ1v) is 11.3. The van der Waals surface area contributed by atoms with Crippen molar-refractivity contribution in [2.45, 2.75) is 38.5 Å². The molecule has 0 unspecified atom stereocenters. The van der Waals surface area contributed by atoms with Crippen molar-refractivity contribution in [3.63, 3.8) is 0 Å². The van der Waals surface area contributed by atoms with Gasteiger partial charge in [-0.1, -0.05) is 15.9 Å². The standard InChI is InChI=1S/C22H26BrFN2O2/c23-17-1-2-19(24)18(10-17)20(27)25-3-5-26(6-4-25)21(28)22-11-14-7-15(12-22)9-16(8-14)13-22/h1-2,10,14-16H,3-9,11-13H2. The molecule has 4 bridgehead atoms. The van der Waals surface area contributed by atoms with Crippen LogP contribution in [-0.4, -0.2) is 47.8 Å². The molecule has 150 valence electrons. The molecule has 0 radical (unpaired) electrons. The van der Waals surface area contributed by atoms with Gasteiger partial charge in [-0.2, -0.15) is 0 Å². The van der Waals surface area contributed by atoms with Crippen molar-refractivity contribution in [1.82, 2.24) is 9.80 Å². The van der Waals surface area contributed by atoms with Gasteiger partial charge in [-0.25, -0.2) is 4.39 Å². The molecule has 4 aliphatic carbocycles. The highest BCUT2D eigenvalue weighted by Crippen LogP contribution is 2.60. The third kappa shape index (κ3) is 3.08. The number of carbonyl (C=O) groups is 2. The monoisotopic (exact) mass is 448 g/mol. The molecule has 5 fully saturated rings. The van der Waals surface area contributed by atoms with Crippen LogP contribution in [-0.2, 0) is 4.79 Å². The Labute approximate surface area is 173 Å². The first kappa shape index (κ1) is 18.6. The Morgan fingerprint density at radius 2 is 1.46 bits per heavy atom. The van der Waals surface area contributed by atoms with Crippen molar-refractivity contribution in [2.75, 3.05) is 26.2 Å². The second-order valence-corrected chi connectivity index (χ2v) is 10.3. The second-order valence-electron chi connectivity index (χ2n) is 9.41. The molecule has 1 aliphatic heterocycles. The van der Waals surface area contributed by atoms with Crippen LogP contribution in [0.4, 0.5) is 4.39 Å². The molecule has 1 aromatic carbocycles.